The molecule has 1 fully saturated rings. The zero-order chi connectivity index (χ0) is 24.4. The predicted molar refractivity (Wildman–Crippen MR) is 137 cm³/mol. The van der Waals surface area contributed by atoms with Crippen molar-refractivity contribution < 1.29 is 4.79 Å². The van der Waals surface area contributed by atoms with Gasteiger partial charge in [0.2, 0.25) is 5.91 Å². The van der Waals surface area contributed by atoms with E-state index in [0.717, 1.165) is 48.1 Å². The van der Waals surface area contributed by atoms with Crippen LogP contribution in [0.15, 0.2) is 65.8 Å². The molecule has 0 atom stereocenters. The van der Waals surface area contributed by atoms with E-state index >= 15 is 0 Å². The van der Waals surface area contributed by atoms with E-state index in [2.05, 4.69) is 27.4 Å². The quantitative estimate of drug-likeness (QED) is 0.409. The summed E-state index contributed by atoms with van der Waals surface area (Å²) in [6.45, 7) is 3.61. The highest BCUT2D eigenvalue weighted by molar-refractivity contribution is 5.95. The molecule has 1 saturated heterocycles. The molecule has 178 valence electrons. The number of rotatable bonds is 5. The molecule has 5 rings (SSSR count). The lowest BCUT2D eigenvalue weighted by molar-refractivity contribution is -0.129. The van der Waals surface area contributed by atoms with E-state index in [1.54, 1.807) is 25.5 Å². The number of carbonyl (C=O) groups excluding carboxylic acids is 1. The van der Waals surface area contributed by atoms with E-state index < -0.39 is 0 Å². The number of piperidine rings is 1. The second kappa shape index (κ2) is 9.68. The molecular formula is C27H28N6O2. The number of anilines is 2. The average molecular weight is 469 g/mol. The minimum absolute atomic E-state index is 0.144. The van der Waals surface area contributed by atoms with Crippen LogP contribution in [-0.2, 0) is 11.3 Å². The molecule has 1 aromatic carbocycles. The van der Waals surface area contributed by atoms with Gasteiger partial charge < -0.3 is 20.9 Å². The number of fused-ring (bicyclic) bond motifs is 1. The first-order valence-corrected chi connectivity index (χ1v) is 11.8. The Kier molecular flexibility index (Phi) is 6.29. The number of H-pyrrole nitrogens is 1. The highest BCUT2D eigenvalue weighted by atomic mass is 16.2. The molecule has 0 unspecified atom stereocenters. The Balaban J connectivity index is 1.44. The lowest BCUT2D eigenvalue weighted by atomic mass is 9.89. The van der Waals surface area contributed by atoms with Crippen LogP contribution >= 0.6 is 0 Å². The van der Waals surface area contributed by atoms with Crippen LogP contribution in [0.2, 0.25) is 0 Å². The van der Waals surface area contributed by atoms with Crippen LogP contribution in [0.3, 0.4) is 0 Å². The van der Waals surface area contributed by atoms with Crippen LogP contribution in [0.1, 0.15) is 36.8 Å². The van der Waals surface area contributed by atoms with E-state index in [4.69, 9.17) is 10.7 Å². The number of likely N-dealkylation sites (tertiary alicyclic amines) is 1. The first-order valence-electron chi connectivity index (χ1n) is 11.8. The standard InChI is InChI=1S/C27H28N6O2/c1-17(34)33-10-7-20(8-11-33)19-2-4-23(5-3-19)31-26-25-21(6-9-30-27(25)35)13-24(32-26)22-12-18(14-28)15-29-16-22/h2-6,9,12-13,15-16,20H,7-8,10-11,14,28H2,1H3,(H,30,35)(H,31,32). The molecule has 1 aliphatic rings. The number of aromatic nitrogens is 3. The average Bonchev–Trinajstić information content (AvgIpc) is 2.89. The lowest BCUT2D eigenvalue weighted by Crippen LogP contribution is -2.36. The number of nitrogens with two attached hydrogens (primary N) is 1. The van der Waals surface area contributed by atoms with Crippen molar-refractivity contribution in [1.82, 2.24) is 19.9 Å². The molecule has 0 saturated carbocycles. The van der Waals surface area contributed by atoms with Crippen LogP contribution in [0.4, 0.5) is 11.5 Å². The van der Waals surface area contributed by atoms with Crippen molar-refractivity contribution in [2.24, 2.45) is 5.73 Å². The van der Waals surface area contributed by atoms with Gasteiger partial charge in [-0.3, -0.25) is 14.6 Å². The first kappa shape index (κ1) is 22.7. The molecule has 1 amide bonds. The predicted octanol–water partition coefficient (Wildman–Crippen LogP) is 3.91. The minimum Gasteiger partial charge on any atom is -0.343 e. The molecule has 35 heavy (non-hydrogen) atoms. The highest BCUT2D eigenvalue weighted by Gasteiger charge is 2.22. The monoisotopic (exact) mass is 468 g/mol. The topological polar surface area (TPSA) is 117 Å². The fourth-order valence-corrected chi connectivity index (χ4v) is 4.69. The smallest absolute Gasteiger partial charge is 0.259 e. The van der Waals surface area contributed by atoms with Crippen LogP contribution in [-0.4, -0.2) is 38.8 Å². The molecular weight excluding hydrogens is 440 g/mol. The van der Waals surface area contributed by atoms with Crippen molar-refractivity contribution in [3.05, 3.63) is 82.5 Å². The molecule has 8 nitrogen and oxygen atoms in total. The van der Waals surface area contributed by atoms with Crippen molar-refractivity contribution in [2.45, 2.75) is 32.2 Å². The third-order valence-electron chi connectivity index (χ3n) is 6.67. The third kappa shape index (κ3) is 4.79. The molecule has 0 aliphatic carbocycles. The van der Waals surface area contributed by atoms with Gasteiger partial charge in [-0.15, -0.1) is 0 Å². The molecule has 0 radical (unpaired) electrons. The number of nitrogens with zero attached hydrogens (tertiary/aromatic N) is 3. The summed E-state index contributed by atoms with van der Waals surface area (Å²) in [4.78, 5) is 38.0. The second-order valence-electron chi connectivity index (χ2n) is 8.94. The summed E-state index contributed by atoms with van der Waals surface area (Å²) in [6.07, 6.45) is 7.05. The maximum atomic E-state index is 12.7. The van der Waals surface area contributed by atoms with Crippen LogP contribution in [0.25, 0.3) is 22.0 Å². The number of hydrogen-bond donors (Lipinski definition) is 3. The van der Waals surface area contributed by atoms with Gasteiger partial charge in [0.05, 0.1) is 11.1 Å². The van der Waals surface area contributed by atoms with Gasteiger partial charge in [-0.25, -0.2) is 4.98 Å². The largest absolute Gasteiger partial charge is 0.343 e. The number of aromatic amines is 1. The Bertz CT molecular complexity index is 1420. The number of amides is 1. The number of nitrogens with one attached hydrogen (secondary N) is 2. The fourth-order valence-electron chi connectivity index (χ4n) is 4.69. The molecule has 4 aromatic rings. The van der Waals surface area contributed by atoms with Crippen LogP contribution in [0.5, 0.6) is 0 Å². The summed E-state index contributed by atoms with van der Waals surface area (Å²) in [6, 6.07) is 14.0. The summed E-state index contributed by atoms with van der Waals surface area (Å²) in [5, 5.41) is 4.63. The van der Waals surface area contributed by atoms with Gasteiger partial charge in [-0.2, -0.15) is 0 Å². The van der Waals surface area contributed by atoms with Crippen molar-refractivity contribution in [3.8, 4) is 11.3 Å². The third-order valence-corrected chi connectivity index (χ3v) is 6.67. The van der Waals surface area contributed by atoms with Crippen molar-refractivity contribution >= 4 is 28.2 Å². The highest BCUT2D eigenvalue weighted by Crippen LogP contribution is 2.31. The molecule has 4 N–H and O–H groups in total. The van der Waals surface area contributed by atoms with Crippen LogP contribution in [0, 0.1) is 0 Å². The number of carbonyl (C=O) groups is 1. The van der Waals surface area contributed by atoms with Gasteiger partial charge in [0.15, 0.2) is 0 Å². The molecule has 3 aromatic heterocycles. The summed E-state index contributed by atoms with van der Waals surface area (Å²) < 4.78 is 0. The Morgan fingerprint density at radius 2 is 1.91 bits per heavy atom. The molecule has 0 bridgehead atoms. The lowest BCUT2D eigenvalue weighted by Gasteiger charge is -2.31. The second-order valence-corrected chi connectivity index (χ2v) is 8.94. The zero-order valence-corrected chi connectivity index (χ0v) is 19.6. The van der Waals surface area contributed by atoms with E-state index in [1.165, 1.54) is 5.56 Å². The maximum Gasteiger partial charge on any atom is 0.259 e. The molecule has 8 heteroatoms. The van der Waals surface area contributed by atoms with E-state index in [0.29, 0.717) is 29.4 Å². The van der Waals surface area contributed by atoms with Gasteiger partial charge >= 0.3 is 0 Å². The van der Waals surface area contributed by atoms with Gasteiger partial charge in [0.1, 0.15) is 5.82 Å². The van der Waals surface area contributed by atoms with Crippen molar-refractivity contribution in [1.29, 1.82) is 0 Å². The van der Waals surface area contributed by atoms with Gasteiger partial charge in [0, 0.05) is 56.4 Å². The van der Waals surface area contributed by atoms with E-state index in [-0.39, 0.29) is 11.5 Å². The van der Waals surface area contributed by atoms with Crippen molar-refractivity contribution in [2.75, 3.05) is 18.4 Å². The summed E-state index contributed by atoms with van der Waals surface area (Å²) in [7, 11) is 0. The summed E-state index contributed by atoms with van der Waals surface area (Å²) in [5.74, 6) is 1.07. The molecule has 0 spiro atoms. The SMILES string of the molecule is CC(=O)N1CCC(c2ccc(Nc3nc(-c4cncc(CN)c4)cc4cc[nH]c(=O)c34)cc2)CC1. The van der Waals surface area contributed by atoms with E-state index in [9.17, 15) is 9.59 Å². The number of benzene rings is 1. The maximum absolute atomic E-state index is 12.7. The Morgan fingerprint density at radius 3 is 2.63 bits per heavy atom. The Hall–Kier alpha value is -4.04. The van der Waals surface area contributed by atoms with Crippen molar-refractivity contribution in [3.63, 3.8) is 0 Å². The Labute approximate surface area is 203 Å². The summed E-state index contributed by atoms with van der Waals surface area (Å²) >= 11 is 0. The number of pyridine rings is 3. The van der Waals surface area contributed by atoms with E-state index in [1.807, 2.05) is 35.2 Å². The number of hydrogen-bond acceptors (Lipinski definition) is 6. The minimum atomic E-state index is -0.202. The molecule has 4 heterocycles. The van der Waals surface area contributed by atoms with Gasteiger partial charge in [0.25, 0.3) is 5.56 Å². The molecule has 1 aliphatic heterocycles. The first-order chi connectivity index (χ1) is 17.0. The fraction of sp³-hybridized carbons (Fsp3) is 0.259. The normalized spacial score (nSPS) is 14.3. The van der Waals surface area contributed by atoms with Gasteiger partial charge in [-0.05, 0) is 65.6 Å². The zero-order valence-electron chi connectivity index (χ0n) is 19.6. The van der Waals surface area contributed by atoms with Crippen LogP contribution < -0.4 is 16.6 Å². The summed E-state index contributed by atoms with van der Waals surface area (Å²) in [5.41, 5.74) is 10.2. The Morgan fingerprint density at radius 1 is 1.14 bits per heavy atom. The van der Waals surface area contributed by atoms with Gasteiger partial charge in [-0.1, -0.05) is 12.1 Å².